The zero-order valence-electron chi connectivity index (χ0n) is 23.1. The van der Waals surface area contributed by atoms with E-state index in [2.05, 4.69) is 39.1 Å². The fourth-order valence-electron chi connectivity index (χ4n) is 5.38. The molecule has 42 heavy (non-hydrogen) atoms. The summed E-state index contributed by atoms with van der Waals surface area (Å²) in [6.45, 7) is 4.72. The van der Waals surface area contributed by atoms with Crippen molar-refractivity contribution < 1.29 is 14.2 Å². The van der Waals surface area contributed by atoms with Crippen LogP contribution in [0.25, 0.3) is 0 Å². The summed E-state index contributed by atoms with van der Waals surface area (Å²) in [5.74, 6) is 7.79. The van der Waals surface area contributed by atoms with Crippen LogP contribution in [0.1, 0.15) is 64.6 Å². The maximum Gasteiger partial charge on any atom is 0.273 e. The topological polar surface area (TPSA) is 139 Å². The molecule has 11 nitrogen and oxygen atoms in total. The van der Waals surface area contributed by atoms with Crippen molar-refractivity contribution >= 4 is 41.3 Å². The van der Waals surface area contributed by atoms with Crippen LogP contribution in [-0.4, -0.2) is 60.9 Å². The highest BCUT2D eigenvalue weighted by Gasteiger charge is 2.48. The number of halogens is 1. The summed E-state index contributed by atoms with van der Waals surface area (Å²) < 4.78 is -0.200. The summed E-state index contributed by atoms with van der Waals surface area (Å²) in [5.41, 5.74) is 3.87. The van der Waals surface area contributed by atoms with E-state index >= 15 is 0 Å². The molecule has 5 heterocycles. The van der Waals surface area contributed by atoms with E-state index in [1.165, 1.54) is 6.20 Å². The third-order valence-electron chi connectivity index (χ3n) is 7.59. The van der Waals surface area contributed by atoms with Gasteiger partial charge in [-0.3, -0.25) is 14.6 Å². The first-order valence-electron chi connectivity index (χ1n) is 13.6. The van der Waals surface area contributed by atoms with Gasteiger partial charge in [-0.25, -0.2) is 15.0 Å². The molecule has 3 N–H and O–H groups in total. The Hall–Kier alpha value is -4.58. The van der Waals surface area contributed by atoms with Crippen LogP contribution >= 0.6 is 11.6 Å². The summed E-state index contributed by atoms with van der Waals surface area (Å²) in [4.78, 5) is 49.7. The lowest BCUT2D eigenvalue weighted by Gasteiger charge is -2.27. The highest BCUT2D eigenvalue weighted by molar-refractivity contribution is 6.28. The first-order valence-corrected chi connectivity index (χ1v) is 14.0. The van der Waals surface area contributed by atoms with E-state index in [-0.39, 0.29) is 33.4 Å². The molecule has 1 fully saturated rings. The molecular weight excluding hydrogens is 554 g/mol. The van der Waals surface area contributed by atoms with Crippen LogP contribution in [0.15, 0.2) is 88.6 Å². The minimum atomic E-state index is -0.322. The number of anilines is 1. The summed E-state index contributed by atoms with van der Waals surface area (Å²) >= 11 is 5.95. The van der Waals surface area contributed by atoms with E-state index in [0.717, 1.165) is 17.5 Å². The van der Waals surface area contributed by atoms with Crippen molar-refractivity contribution in [3.05, 3.63) is 106 Å². The molecule has 2 aromatic heterocycles. The molecule has 2 amide bonds. The maximum atomic E-state index is 13.4. The molecule has 0 radical (unpaired) electrons. The summed E-state index contributed by atoms with van der Waals surface area (Å²) in [6, 6.07) is 12.1. The highest BCUT2D eigenvalue weighted by atomic mass is 35.5. The number of hydrogen-bond acceptors (Lipinski definition) is 8. The van der Waals surface area contributed by atoms with Crippen molar-refractivity contribution in [1.29, 1.82) is 0 Å². The number of nitrogens with one attached hydrogen (secondary N) is 1. The summed E-state index contributed by atoms with van der Waals surface area (Å²) in [6.07, 6.45) is 9.73. The fraction of sp³-hybridized carbons (Fsp3) is 0.233. The molecule has 0 aliphatic carbocycles. The fourth-order valence-corrected chi connectivity index (χ4v) is 5.53. The van der Waals surface area contributed by atoms with Crippen molar-refractivity contribution in [3.63, 3.8) is 0 Å². The van der Waals surface area contributed by atoms with Crippen molar-refractivity contribution in [2.24, 2.45) is 15.8 Å². The number of likely N-dealkylation sites (tertiary alicyclic amines) is 1. The van der Waals surface area contributed by atoms with Gasteiger partial charge < -0.3 is 10.2 Å². The number of benzene rings is 1. The Morgan fingerprint density at radius 3 is 2.67 bits per heavy atom. The van der Waals surface area contributed by atoms with E-state index < -0.39 is 0 Å². The number of quaternary nitrogens is 1. The second kappa shape index (κ2) is 11.0. The average molecular weight is 583 g/mol. The number of aromatic nitrogens is 3. The first-order chi connectivity index (χ1) is 20.2. The number of amidine groups is 1. The Morgan fingerprint density at radius 2 is 1.90 bits per heavy atom. The predicted molar refractivity (Wildman–Crippen MR) is 159 cm³/mol. The van der Waals surface area contributed by atoms with Gasteiger partial charge in [-0.2, -0.15) is 10.8 Å². The van der Waals surface area contributed by atoms with Crippen molar-refractivity contribution in [2.75, 3.05) is 11.9 Å². The van der Waals surface area contributed by atoms with Gasteiger partial charge in [-0.05, 0) is 78.4 Å². The van der Waals surface area contributed by atoms with Gasteiger partial charge in [0.2, 0.25) is 11.0 Å². The lowest BCUT2D eigenvalue weighted by atomic mass is 10.1. The largest absolute Gasteiger partial charge is 0.328 e. The molecule has 0 spiro atoms. The van der Waals surface area contributed by atoms with Gasteiger partial charge in [-0.1, -0.05) is 13.8 Å². The number of carbonyl (C=O) groups is 2. The second-order valence-electron chi connectivity index (χ2n) is 10.6. The lowest BCUT2D eigenvalue weighted by molar-refractivity contribution is -0.750. The average Bonchev–Trinajstić information content (AvgIpc) is 3.59. The zero-order chi connectivity index (χ0) is 29.4. The molecular formula is C30H29ClN9O2+. The number of aliphatic imine (C=N–C) groups is 2. The van der Waals surface area contributed by atoms with Gasteiger partial charge in [0.25, 0.3) is 17.6 Å². The molecule has 2 atom stereocenters. The number of rotatable bonds is 6. The van der Waals surface area contributed by atoms with Gasteiger partial charge >= 0.3 is 0 Å². The number of nitrogens with two attached hydrogens (primary N) is 1. The van der Waals surface area contributed by atoms with E-state index in [0.29, 0.717) is 47.5 Å². The van der Waals surface area contributed by atoms with Crippen LogP contribution in [0.5, 0.6) is 0 Å². The van der Waals surface area contributed by atoms with Crippen LogP contribution < -0.4 is 11.2 Å². The number of fused-ring (bicyclic) bond motifs is 1. The minimum Gasteiger partial charge on any atom is -0.328 e. The van der Waals surface area contributed by atoms with E-state index in [1.807, 2.05) is 24.3 Å². The number of allylic oxidation sites excluding steroid dienone is 1. The van der Waals surface area contributed by atoms with Crippen LogP contribution in [0.3, 0.4) is 0 Å². The number of carbonyl (C=O) groups excluding carboxylic acids is 2. The molecule has 212 valence electrons. The van der Waals surface area contributed by atoms with Crippen molar-refractivity contribution in [1.82, 2.24) is 19.9 Å². The van der Waals surface area contributed by atoms with Crippen molar-refractivity contribution in [2.45, 2.75) is 38.6 Å². The number of hydrogen-bond donors (Lipinski definition) is 2. The molecule has 1 saturated heterocycles. The third kappa shape index (κ3) is 5.02. The second-order valence-corrected chi connectivity index (χ2v) is 10.9. The standard InChI is InChI=1S/C30H28ClN9O2/c1-18(2)21-9-11-34-25(16-21)37-28(41)20-7-5-19(6-8-20)27-38-26(24-17-33-13-15-40(24,27)32)23-4-3-14-39(23)29(42)22-10-12-35-30(31)36-22/h5-13,15-18,23H,3-4,14,32H2,1-2H3/p+1. The van der Waals surface area contributed by atoms with E-state index in [4.69, 9.17) is 22.4 Å². The van der Waals surface area contributed by atoms with Crippen LogP contribution in [0, 0.1) is 0 Å². The Morgan fingerprint density at radius 1 is 1.12 bits per heavy atom. The number of amides is 2. The van der Waals surface area contributed by atoms with Gasteiger partial charge in [0.1, 0.15) is 23.4 Å². The Kier molecular flexibility index (Phi) is 7.23. The molecule has 3 aliphatic rings. The van der Waals surface area contributed by atoms with Crippen LogP contribution in [0.4, 0.5) is 5.82 Å². The SMILES string of the molecule is CC(C)c1ccnc(NC(=O)c2ccc(C3=NC(C4CCCN4C(=O)c4ccnc(Cl)n4)=C4C=NC=C[N+]34N)cc2)c1. The van der Waals surface area contributed by atoms with Crippen LogP contribution in [-0.2, 0) is 0 Å². The predicted octanol–water partition coefficient (Wildman–Crippen LogP) is 4.42. The summed E-state index contributed by atoms with van der Waals surface area (Å²) in [7, 11) is 0. The molecule has 3 aliphatic heterocycles. The normalized spacial score (nSPS) is 21.1. The smallest absolute Gasteiger partial charge is 0.273 e. The Bertz CT molecular complexity index is 1700. The van der Waals surface area contributed by atoms with Gasteiger partial charge in [0.15, 0.2) is 0 Å². The molecule has 0 bridgehead atoms. The van der Waals surface area contributed by atoms with Gasteiger partial charge in [0.05, 0.1) is 24.0 Å². The monoisotopic (exact) mass is 582 g/mol. The van der Waals surface area contributed by atoms with E-state index in [9.17, 15) is 9.59 Å². The molecule has 2 unspecified atom stereocenters. The molecule has 3 aromatic rings. The first kappa shape index (κ1) is 27.6. The van der Waals surface area contributed by atoms with Crippen molar-refractivity contribution in [3.8, 4) is 0 Å². The Labute approximate surface area is 247 Å². The van der Waals surface area contributed by atoms with Crippen LogP contribution in [0.2, 0.25) is 5.28 Å². The number of nitrogens with zero attached hydrogens (tertiary/aromatic N) is 7. The molecule has 0 saturated carbocycles. The lowest BCUT2D eigenvalue weighted by Crippen LogP contribution is -2.53. The number of pyridine rings is 1. The van der Waals surface area contributed by atoms with Gasteiger partial charge in [0, 0.05) is 24.5 Å². The molecule has 1 aromatic carbocycles. The highest BCUT2D eigenvalue weighted by Crippen LogP contribution is 2.37. The third-order valence-corrected chi connectivity index (χ3v) is 7.78. The molecule has 6 rings (SSSR count). The van der Waals surface area contributed by atoms with E-state index in [1.54, 1.807) is 47.9 Å². The Balaban J connectivity index is 1.27. The molecule has 12 heteroatoms. The quantitative estimate of drug-likeness (QED) is 0.250. The summed E-state index contributed by atoms with van der Waals surface area (Å²) in [5, 5.41) is 2.88. The minimum absolute atomic E-state index is 0.0134. The zero-order valence-corrected chi connectivity index (χ0v) is 23.9. The maximum absolute atomic E-state index is 13.4. The van der Waals surface area contributed by atoms with Gasteiger partial charge in [-0.15, -0.1) is 4.59 Å².